The SMILES string of the molecule is CCOc1cccc(NC2CC=CCC2)c1N. The molecule has 0 spiro atoms. The van der Waals surface area contributed by atoms with Gasteiger partial charge in [-0.25, -0.2) is 0 Å². The molecule has 1 aromatic carbocycles. The van der Waals surface area contributed by atoms with Crippen LogP contribution in [0.2, 0.25) is 0 Å². The molecule has 3 N–H and O–H groups in total. The Hall–Kier alpha value is -1.64. The minimum Gasteiger partial charge on any atom is -0.492 e. The van der Waals surface area contributed by atoms with Crippen molar-refractivity contribution < 1.29 is 4.74 Å². The van der Waals surface area contributed by atoms with Crippen LogP contribution in [-0.2, 0) is 0 Å². The summed E-state index contributed by atoms with van der Waals surface area (Å²) in [6.07, 6.45) is 7.83. The molecule has 17 heavy (non-hydrogen) atoms. The number of nitrogen functional groups attached to an aromatic ring is 1. The van der Waals surface area contributed by atoms with Crippen molar-refractivity contribution in [3.05, 3.63) is 30.4 Å². The molecule has 1 atom stereocenters. The van der Waals surface area contributed by atoms with E-state index in [1.54, 1.807) is 0 Å². The first-order chi connectivity index (χ1) is 8.31. The number of ether oxygens (including phenoxy) is 1. The molecule has 1 aliphatic rings. The Morgan fingerprint density at radius 3 is 3.00 bits per heavy atom. The highest BCUT2D eigenvalue weighted by atomic mass is 16.5. The number of nitrogens with one attached hydrogen (secondary N) is 1. The Bertz CT molecular complexity index is 401. The van der Waals surface area contributed by atoms with Crippen molar-refractivity contribution in [3.63, 3.8) is 0 Å². The number of hydrogen-bond acceptors (Lipinski definition) is 3. The first-order valence-electron chi connectivity index (χ1n) is 6.24. The molecule has 0 amide bonds. The van der Waals surface area contributed by atoms with Gasteiger partial charge in [0.1, 0.15) is 5.75 Å². The van der Waals surface area contributed by atoms with E-state index in [4.69, 9.17) is 10.5 Å². The van der Waals surface area contributed by atoms with Crippen molar-refractivity contribution in [2.24, 2.45) is 0 Å². The van der Waals surface area contributed by atoms with Crippen LogP contribution in [0.5, 0.6) is 5.75 Å². The van der Waals surface area contributed by atoms with E-state index in [0.29, 0.717) is 18.3 Å². The Balaban J connectivity index is 2.09. The molecule has 0 aromatic heterocycles. The third kappa shape index (κ3) is 2.93. The highest BCUT2D eigenvalue weighted by Crippen LogP contribution is 2.30. The zero-order chi connectivity index (χ0) is 12.1. The minimum absolute atomic E-state index is 0.485. The van der Waals surface area contributed by atoms with Crippen LogP contribution in [0.4, 0.5) is 11.4 Å². The molecule has 1 aromatic rings. The number of benzene rings is 1. The molecule has 2 rings (SSSR count). The second-order valence-electron chi connectivity index (χ2n) is 4.28. The summed E-state index contributed by atoms with van der Waals surface area (Å²) < 4.78 is 5.49. The number of anilines is 2. The quantitative estimate of drug-likeness (QED) is 0.619. The van der Waals surface area contributed by atoms with Crippen molar-refractivity contribution >= 4 is 11.4 Å². The molecule has 0 saturated heterocycles. The highest BCUT2D eigenvalue weighted by Gasteiger charge is 2.12. The van der Waals surface area contributed by atoms with Crippen molar-refractivity contribution in [3.8, 4) is 5.75 Å². The second-order valence-corrected chi connectivity index (χ2v) is 4.28. The lowest BCUT2D eigenvalue weighted by molar-refractivity contribution is 0.342. The first kappa shape index (κ1) is 11.8. The lowest BCUT2D eigenvalue weighted by atomic mass is 10.0. The van der Waals surface area contributed by atoms with E-state index in [9.17, 15) is 0 Å². The molecule has 3 nitrogen and oxygen atoms in total. The summed E-state index contributed by atoms with van der Waals surface area (Å²) in [5.41, 5.74) is 7.78. The fourth-order valence-corrected chi connectivity index (χ4v) is 2.10. The van der Waals surface area contributed by atoms with Crippen LogP contribution in [0.1, 0.15) is 26.2 Å². The molecule has 0 bridgehead atoms. The van der Waals surface area contributed by atoms with Gasteiger partial charge in [0.2, 0.25) is 0 Å². The van der Waals surface area contributed by atoms with E-state index < -0.39 is 0 Å². The summed E-state index contributed by atoms with van der Waals surface area (Å²) in [4.78, 5) is 0. The number of para-hydroxylation sites is 1. The number of nitrogens with two attached hydrogens (primary N) is 1. The summed E-state index contributed by atoms with van der Waals surface area (Å²) in [5, 5.41) is 3.49. The van der Waals surface area contributed by atoms with E-state index in [1.165, 1.54) is 0 Å². The summed E-state index contributed by atoms with van der Waals surface area (Å²) in [7, 11) is 0. The van der Waals surface area contributed by atoms with E-state index in [1.807, 2.05) is 25.1 Å². The third-order valence-electron chi connectivity index (χ3n) is 2.99. The Kier molecular flexibility index (Phi) is 3.91. The van der Waals surface area contributed by atoms with Gasteiger partial charge in [-0.05, 0) is 38.3 Å². The smallest absolute Gasteiger partial charge is 0.144 e. The molecule has 0 saturated carbocycles. The molecule has 1 unspecified atom stereocenters. The average molecular weight is 232 g/mol. The van der Waals surface area contributed by atoms with Gasteiger partial charge in [0.05, 0.1) is 18.0 Å². The molecular weight excluding hydrogens is 212 g/mol. The minimum atomic E-state index is 0.485. The van der Waals surface area contributed by atoms with Crippen LogP contribution >= 0.6 is 0 Å². The predicted octanol–water partition coefficient (Wildman–Crippen LogP) is 3.19. The zero-order valence-electron chi connectivity index (χ0n) is 10.3. The second kappa shape index (κ2) is 5.62. The van der Waals surface area contributed by atoms with Crippen molar-refractivity contribution in [2.75, 3.05) is 17.7 Å². The molecule has 3 heteroatoms. The number of allylic oxidation sites excluding steroid dienone is 1. The summed E-state index contributed by atoms with van der Waals surface area (Å²) in [6, 6.07) is 6.38. The van der Waals surface area contributed by atoms with Gasteiger partial charge in [0.25, 0.3) is 0 Å². The van der Waals surface area contributed by atoms with Gasteiger partial charge in [-0.3, -0.25) is 0 Å². The monoisotopic (exact) mass is 232 g/mol. The molecule has 0 fully saturated rings. The van der Waals surface area contributed by atoms with Crippen LogP contribution in [0.15, 0.2) is 30.4 Å². The maximum Gasteiger partial charge on any atom is 0.144 e. The number of rotatable bonds is 4. The van der Waals surface area contributed by atoms with Gasteiger partial charge in [-0.2, -0.15) is 0 Å². The predicted molar refractivity (Wildman–Crippen MR) is 72.4 cm³/mol. The van der Waals surface area contributed by atoms with Crippen LogP contribution in [-0.4, -0.2) is 12.6 Å². The maximum atomic E-state index is 6.08. The summed E-state index contributed by atoms with van der Waals surface area (Å²) in [5.74, 6) is 0.767. The molecule has 0 radical (unpaired) electrons. The lowest BCUT2D eigenvalue weighted by Gasteiger charge is -2.22. The van der Waals surface area contributed by atoms with E-state index in [0.717, 1.165) is 30.7 Å². The topological polar surface area (TPSA) is 47.3 Å². The lowest BCUT2D eigenvalue weighted by Crippen LogP contribution is -2.21. The van der Waals surface area contributed by atoms with Crippen molar-refractivity contribution in [2.45, 2.75) is 32.2 Å². The fraction of sp³-hybridized carbons (Fsp3) is 0.429. The van der Waals surface area contributed by atoms with Crippen LogP contribution in [0, 0.1) is 0 Å². The summed E-state index contributed by atoms with van der Waals surface area (Å²) >= 11 is 0. The van der Waals surface area contributed by atoms with Crippen molar-refractivity contribution in [1.82, 2.24) is 0 Å². The number of hydrogen-bond donors (Lipinski definition) is 2. The Morgan fingerprint density at radius 2 is 2.29 bits per heavy atom. The van der Waals surface area contributed by atoms with Crippen LogP contribution in [0.3, 0.4) is 0 Å². The zero-order valence-corrected chi connectivity index (χ0v) is 10.3. The molecule has 0 aliphatic heterocycles. The molecule has 0 heterocycles. The van der Waals surface area contributed by atoms with Crippen LogP contribution in [0.25, 0.3) is 0 Å². The van der Waals surface area contributed by atoms with Gasteiger partial charge < -0.3 is 15.8 Å². The highest BCUT2D eigenvalue weighted by molar-refractivity contribution is 5.73. The van der Waals surface area contributed by atoms with Gasteiger partial charge in [0.15, 0.2) is 0 Å². The molecule has 92 valence electrons. The Morgan fingerprint density at radius 1 is 1.41 bits per heavy atom. The molecule has 1 aliphatic carbocycles. The average Bonchev–Trinajstić information content (AvgIpc) is 2.36. The van der Waals surface area contributed by atoms with Gasteiger partial charge in [0, 0.05) is 6.04 Å². The van der Waals surface area contributed by atoms with Crippen molar-refractivity contribution in [1.29, 1.82) is 0 Å². The maximum absolute atomic E-state index is 6.08. The summed E-state index contributed by atoms with van der Waals surface area (Å²) in [6.45, 7) is 2.60. The van der Waals surface area contributed by atoms with E-state index >= 15 is 0 Å². The fourth-order valence-electron chi connectivity index (χ4n) is 2.10. The normalized spacial score (nSPS) is 19.0. The van der Waals surface area contributed by atoms with Gasteiger partial charge in [-0.1, -0.05) is 18.2 Å². The van der Waals surface area contributed by atoms with Gasteiger partial charge in [-0.15, -0.1) is 0 Å². The largest absolute Gasteiger partial charge is 0.492 e. The Labute approximate surface area is 103 Å². The van der Waals surface area contributed by atoms with Crippen LogP contribution < -0.4 is 15.8 Å². The van der Waals surface area contributed by atoms with Gasteiger partial charge >= 0.3 is 0 Å². The third-order valence-corrected chi connectivity index (χ3v) is 2.99. The van der Waals surface area contributed by atoms with E-state index in [-0.39, 0.29) is 0 Å². The first-order valence-corrected chi connectivity index (χ1v) is 6.24. The standard InChI is InChI=1S/C14H20N2O/c1-2-17-13-10-6-9-12(14(13)15)16-11-7-4-3-5-8-11/h3-4,6,9-11,16H,2,5,7-8,15H2,1H3. The molecular formula is C14H20N2O. The van der Waals surface area contributed by atoms with E-state index in [2.05, 4.69) is 17.5 Å².